The zero-order valence-electron chi connectivity index (χ0n) is 15.3. The van der Waals surface area contributed by atoms with Crippen molar-refractivity contribution < 1.29 is 13.6 Å². The van der Waals surface area contributed by atoms with Crippen molar-refractivity contribution in [3.63, 3.8) is 0 Å². The van der Waals surface area contributed by atoms with Crippen molar-refractivity contribution in [3.05, 3.63) is 65.6 Å². The van der Waals surface area contributed by atoms with Crippen LogP contribution < -0.4 is 10.2 Å². The first-order valence-corrected chi connectivity index (χ1v) is 10.1. The molecule has 1 N–H and O–H groups in total. The third kappa shape index (κ3) is 4.56. The number of aromatic nitrogens is 2. The van der Waals surface area contributed by atoms with E-state index < -0.39 is 0 Å². The minimum Gasteiger partial charge on any atom is -0.459 e. The van der Waals surface area contributed by atoms with E-state index in [1.807, 2.05) is 0 Å². The number of hydrogen-bond donors (Lipinski definition) is 1. The summed E-state index contributed by atoms with van der Waals surface area (Å²) in [5.41, 5.74) is 0.997. The van der Waals surface area contributed by atoms with Gasteiger partial charge in [-0.15, -0.1) is 0 Å². The summed E-state index contributed by atoms with van der Waals surface area (Å²) < 4.78 is 22.6. The molecule has 1 amide bonds. The highest BCUT2D eigenvalue weighted by Crippen LogP contribution is 2.25. The number of halogens is 1. The molecule has 1 fully saturated rings. The lowest BCUT2D eigenvalue weighted by Crippen LogP contribution is -2.38. The van der Waals surface area contributed by atoms with Gasteiger partial charge in [-0.1, -0.05) is 12.1 Å². The van der Waals surface area contributed by atoms with E-state index in [1.54, 1.807) is 24.3 Å². The average molecular weight is 400 g/mol. The molecule has 3 aromatic rings. The number of piperidine rings is 1. The van der Waals surface area contributed by atoms with Gasteiger partial charge in [-0.2, -0.15) is 4.37 Å². The molecule has 0 spiro atoms. The summed E-state index contributed by atoms with van der Waals surface area (Å²) in [4.78, 5) is 18.8. The van der Waals surface area contributed by atoms with Gasteiger partial charge in [0.05, 0.1) is 6.26 Å². The molecular weight excluding hydrogens is 379 g/mol. The highest BCUT2D eigenvalue weighted by atomic mass is 32.1. The molecule has 3 heterocycles. The summed E-state index contributed by atoms with van der Waals surface area (Å²) >= 11 is 1.40. The van der Waals surface area contributed by atoms with Crippen LogP contribution in [0.2, 0.25) is 0 Å². The number of furan rings is 1. The van der Waals surface area contributed by atoms with Crippen molar-refractivity contribution >= 4 is 22.6 Å². The molecule has 0 saturated carbocycles. The maximum Gasteiger partial charge on any atom is 0.286 e. The third-order valence-electron chi connectivity index (χ3n) is 4.91. The summed E-state index contributed by atoms with van der Waals surface area (Å²) in [5.74, 6) is 1.15. The van der Waals surface area contributed by atoms with E-state index in [1.165, 1.54) is 29.9 Å². The van der Waals surface area contributed by atoms with Gasteiger partial charge in [0.15, 0.2) is 5.76 Å². The van der Waals surface area contributed by atoms with Gasteiger partial charge in [-0.05, 0) is 48.6 Å². The van der Waals surface area contributed by atoms with Crippen LogP contribution in [0.4, 0.5) is 9.52 Å². The minimum absolute atomic E-state index is 0.165. The Bertz CT molecular complexity index is 903. The predicted molar refractivity (Wildman–Crippen MR) is 105 cm³/mol. The van der Waals surface area contributed by atoms with Crippen LogP contribution in [0.25, 0.3) is 0 Å². The van der Waals surface area contributed by atoms with Gasteiger partial charge in [0.2, 0.25) is 5.13 Å². The monoisotopic (exact) mass is 400 g/mol. The van der Waals surface area contributed by atoms with Gasteiger partial charge in [0.1, 0.15) is 11.6 Å². The van der Waals surface area contributed by atoms with Crippen molar-refractivity contribution in [3.8, 4) is 0 Å². The van der Waals surface area contributed by atoms with Crippen LogP contribution in [0.15, 0.2) is 47.1 Å². The van der Waals surface area contributed by atoms with Gasteiger partial charge in [0, 0.05) is 37.6 Å². The summed E-state index contributed by atoms with van der Waals surface area (Å²) in [6.45, 7) is 2.44. The second kappa shape index (κ2) is 8.52. The van der Waals surface area contributed by atoms with E-state index in [-0.39, 0.29) is 11.7 Å². The van der Waals surface area contributed by atoms with Crippen LogP contribution in [0.5, 0.6) is 0 Å². The van der Waals surface area contributed by atoms with Crippen LogP contribution in [0.3, 0.4) is 0 Å². The van der Waals surface area contributed by atoms with Crippen LogP contribution in [0, 0.1) is 11.7 Å². The molecule has 0 unspecified atom stereocenters. The minimum atomic E-state index is -0.237. The predicted octanol–water partition coefficient (Wildman–Crippen LogP) is 3.51. The molecule has 0 aliphatic carbocycles. The molecule has 1 aliphatic heterocycles. The molecule has 0 radical (unpaired) electrons. The number of carbonyl (C=O) groups is 1. The number of rotatable bonds is 6. The zero-order chi connectivity index (χ0) is 19.3. The fraction of sp³-hybridized carbons (Fsp3) is 0.350. The summed E-state index contributed by atoms with van der Waals surface area (Å²) in [7, 11) is 0. The van der Waals surface area contributed by atoms with E-state index in [9.17, 15) is 9.18 Å². The molecule has 4 rings (SSSR count). The number of nitrogens with zero attached hydrogens (tertiary/aromatic N) is 3. The number of benzene rings is 1. The van der Waals surface area contributed by atoms with Gasteiger partial charge >= 0.3 is 0 Å². The maximum absolute atomic E-state index is 13.0. The number of nitrogens with one attached hydrogen (secondary N) is 1. The Morgan fingerprint density at radius 1 is 1.25 bits per heavy atom. The van der Waals surface area contributed by atoms with Gasteiger partial charge < -0.3 is 14.6 Å². The smallest absolute Gasteiger partial charge is 0.286 e. The molecule has 0 bridgehead atoms. The largest absolute Gasteiger partial charge is 0.459 e. The standard InChI is InChI=1S/C20H21FN4O2S/c21-16-5-3-14(4-6-16)12-18-23-20(28-24-18)25-9-7-15(8-10-25)13-22-19(26)17-2-1-11-27-17/h1-6,11,15H,7-10,12-13H2,(H,22,26). The second-order valence-corrected chi connectivity index (χ2v) is 7.64. The lowest BCUT2D eigenvalue weighted by Gasteiger charge is -2.31. The topological polar surface area (TPSA) is 71.3 Å². The Hall–Kier alpha value is -2.74. The first-order valence-electron chi connectivity index (χ1n) is 9.31. The fourth-order valence-corrected chi connectivity index (χ4v) is 4.03. The van der Waals surface area contributed by atoms with Gasteiger partial charge in [0.25, 0.3) is 5.91 Å². The molecule has 8 heteroatoms. The van der Waals surface area contributed by atoms with E-state index in [2.05, 4.69) is 19.6 Å². The van der Waals surface area contributed by atoms with Crippen LogP contribution >= 0.6 is 11.5 Å². The highest BCUT2D eigenvalue weighted by molar-refractivity contribution is 7.09. The number of anilines is 1. The van der Waals surface area contributed by atoms with Crippen molar-refractivity contribution in [1.29, 1.82) is 0 Å². The van der Waals surface area contributed by atoms with E-state index in [0.717, 1.165) is 42.5 Å². The molecule has 6 nitrogen and oxygen atoms in total. The average Bonchev–Trinajstić information content (AvgIpc) is 3.41. The van der Waals surface area contributed by atoms with E-state index >= 15 is 0 Å². The molecule has 2 aromatic heterocycles. The molecule has 1 saturated heterocycles. The van der Waals surface area contributed by atoms with E-state index in [0.29, 0.717) is 24.6 Å². The Labute approximate surface area is 166 Å². The lowest BCUT2D eigenvalue weighted by molar-refractivity contribution is 0.0917. The third-order valence-corrected chi connectivity index (χ3v) is 5.73. The quantitative estimate of drug-likeness (QED) is 0.686. The molecule has 1 aliphatic rings. The Morgan fingerprint density at radius 2 is 2.04 bits per heavy atom. The number of amides is 1. The number of carbonyl (C=O) groups excluding carboxylic acids is 1. The van der Waals surface area contributed by atoms with Crippen LogP contribution in [-0.4, -0.2) is 34.9 Å². The molecule has 28 heavy (non-hydrogen) atoms. The Kier molecular flexibility index (Phi) is 5.66. The van der Waals surface area contributed by atoms with Gasteiger partial charge in [-0.3, -0.25) is 4.79 Å². The van der Waals surface area contributed by atoms with Gasteiger partial charge in [-0.25, -0.2) is 9.37 Å². The molecule has 1 aromatic carbocycles. The first-order chi connectivity index (χ1) is 13.7. The SMILES string of the molecule is O=C(NCC1CCN(c2nc(Cc3ccc(F)cc3)ns2)CC1)c1ccco1. The normalized spacial score (nSPS) is 15.0. The molecule has 0 atom stereocenters. The summed E-state index contributed by atoms with van der Waals surface area (Å²) in [6, 6.07) is 9.81. The van der Waals surface area contributed by atoms with Crippen molar-refractivity contribution in [2.24, 2.45) is 5.92 Å². The van der Waals surface area contributed by atoms with Crippen molar-refractivity contribution in [2.75, 3.05) is 24.5 Å². The highest BCUT2D eigenvalue weighted by Gasteiger charge is 2.22. The van der Waals surface area contributed by atoms with E-state index in [4.69, 9.17) is 4.42 Å². The van der Waals surface area contributed by atoms with Crippen molar-refractivity contribution in [2.45, 2.75) is 19.3 Å². The Morgan fingerprint density at radius 3 is 2.75 bits per heavy atom. The fourth-order valence-electron chi connectivity index (χ4n) is 3.29. The summed E-state index contributed by atoms with van der Waals surface area (Å²) in [6.07, 6.45) is 4.09. The van der Waals surface area contributed by atoms with Crippen molar-refractivity contribution in [1.82, 2.24) is 14.7 Å². The molecular formula is C20H21FN4O2S. The Balaban J connectivity index is 1.25. The lowest BCUT2D eigenvalue weighted by atomic mass is 9.97. The molecule has 146 valence electrons. The first kappa shape index (κ1) is 18.6. The number of hydrogen-bond acceptors (Lipinski definition) is 6. The van der Waals surface area contributed by atoms with Crippen LogP contribution in [-0.2, 0) is 6.42 Å². The second-order valence-electron chi connectivity index (χ2n) is 6.91. The maximum atomic E-state index is 13.0. The van der Waals surface area contributed by atoms with Crippen LogP contribution in [0.1, 0.15) is 34.8 Å². The summed E-state index contributed by atoms with van der Waals surface area (Å²) in [5, 5.41) is 3.87. The zero-order valence-corrected chi connectivity index (χ0v) is 16.1.